The first-order chi connectivity index (χ1) is 8.08. The summed E-state index contributed by atoms with van der Waals surface area (Å²) in [4.78, 5) is 10.9. The minimum absolute atomic E-state index is 0.0427. The average Bonchev–Trinajstić information content (AvgIpc) is 2.58. The van der Waals surface area contributed by atoms with E-state index in [0.29, 0.717) is 5.88 Å². The van der Waals surface area contributed by atoms with Gasteiger partial charge in [0.25, 0.3) is 5.88 Å². The Morgan fingerprint density at radius 3 is 2.88 bits per heavy atom. The predicted molar refractivity (Wildman–Crippen MR) is 57.0 cm³/mol. The van der Waals surface area contributed by atoms with E-state index in [0.717, 1.165) is 5.69 Å². The number of carboxylic acid groups (broad SMARTS) is 1. The lowest BCUT2D eigenvalue weighted by Gasteiger charge is -2.05. The number of ether oxygens (including phenoxy) is 1. The number of rotatable bonds is 3. The summed E-state index contributed by atoms with van der Waals surface area (Å²) in [6.45, 7) is 1.81. The molecule has 0 aliphatic heterocycles. The maximum absolute atomic E-state index is 10.9. The summed E-state index contributed by atoms with van der Waals surface area (Å²) in [6, 6.07) is 3.01. The summed E-state index contributed by atoms with van der Waals surface area (Å²) < 4.78 is 6.86. The molecule has 17 heavy (non-hydrogen) atoms. The molecular weight excluding hydrogens is 224 g/mol. The Bertz CT molecular complexity index is 564. The molecule has 0 unspecified atom stereocenters. The van der Waals surface area contributed by atoms with Crippen molar-refractivity contribution in [3.63, 3.8) is 0 Å². The fourth-order valence-corrected chi connectivity index (χ4v) is 1.34. The van der Waals surface area contributed by atoms with Gasteiger partial charge in [-0.2, -0.15) is 10.2 Å². The van der Waals surface area contributed by atoms with Crippen LogP contribution in [0.25, 0.3) is 0 Å². The first-order valence-corrected chi connectivity index (χ1v) is 4.81. The van der Waals surface area contributed by atoms with Crippen LogP contribution in [0.3, 0.4) is 0 Å². The maximum atomic E-state index is 10.9. The van der Waals surface area contributed by atoms with Crippen molar-refractivity contribution in [1.82, 2.24) is 20.0 Å². The number of carboxylic acids is 1. The largest absolute Gasteiger partial charge is 0.477 e. The first-order valence-electron chi connectivity index (χ1n) is 4.81. The molecule has 0 spiro atoms. The van der Waals surface area contributed by atoms with Crippen LogP contribution in [0.15, 0.2) is 18.3 Å². The molecule has 0 bridgehead atoms. The summed E-state index contributed by atoms with van der Waals surface area (Å²) in [5, 5.41) is 20.3. The Morgan fingerprint density at radius 1 is 1.53 bits per heavy atom. The van der Waals surface area contributed by atoms with E-state index in [9.17, 15) is 4.79 Å². The molecule has 0 radical (unpaired) electrons. The van der Waals surface area contributed by atoms with Gasteiger partial charge in [0.2, 0.25) is 5.88 Å². The topological polar surface area (TPSA) is 90.1 Å². The van der Waals surface area contributed by atoms with Crippen LogP contribution in [0.4, 0.5) is 0 Å². The Labute approximate surface area is 96.7 Å². The van der Waals surface area contributed by atoms with E-state index in [2.05, 4.69) is 15.3 Å². The molecule has 0 amide bonds. The van der Waals surface area contributed by atoms with Crippen LogP contribution in [-0.2, 0) is 7.05 Å². The lowest BCUT2D eigenvalue weighted by atomic mass is 10.3. The van der Waals surface area contributed by atoms with Gasteiger partial charge in [-0.3, -0.25) is 0 Å². The van der Waals surface area contributed by atoms with Crippen LogP contribution < -0.4 is 4.74 Å². The molecule has 0 atom stereocenters. The lowest BCUT2D eigenvalue weighted by Crippen LogP contribution is -2.04. The average molecular weight is 234 g/mol. The number of aryl methyl sites for hydroxylation is 2. The van der Waals surface area contributed by atoms with Crippen molar-refractivity contribution in [2.24, 2.45) is 7.05 Å². The quantitative estimate of drug-likeness (QED) is 0.852. The summed E-state index contributed by atoms with van der Waals surface area (Å²) in [5.41, 5.74) is 0.724. The van der Waals surface area contributed by atoms with Gasteiger partial charge >= 0.3 is 5.97 Å². The molecule has 2 rings (SSSR count). The molecule has 0 saturated carbocycles. The molecule has 0 aliphatic carbocycles. The molecule has 0 fully saturated rings. The van der Waals surface area contributed by atoms with Crippen molar-refractivity contribution < 1.29 is 14.6 Å². The molecule has 2 heterocycles. The summed E-state index contributed by atoms with van der Waals surface area (Å²) in [7, 11) is 1.69. The highest BCUT2D eigenvalue weighted by Crippen LogP contribution is 2.22. The Hall–Kier alpha value is -2.44. The lowest BCUT2D eigenvalue weighted by molar-refractivity contribution is 0.0692. The van der Waals surface area contributed by atoms with Gasteiger partial charge < -0.3 is 9.84 Å². The summed E-state index contributed by atoms with van der Waals surface area (Å²) in [5.74, 6) is -0.762. The minimum Gasteiger partial charge on any atom is -0.477 e. The van der Waals surface area contributed by atoms with Crippen LogP contribution >= 0.6 is 0 Å². The Morgan fingerprint density at radius 2 is 2.29 bits per heavy atom. The Balaban J connectivity index is 2.36. The SMILES string of the molecule is Cc1cc(Oc2nnccc2C(=O)O)n(C)n1. The second-order valence-electron chi connectivity index (χ2n) is 3.40. The van der Waals surface area contributed by atoms with Crippen molar-refractivity contribution in [3.8, 4) is 11.8 Å². The third-order valence-electron chi connectivity index (χ3n) is 2.08. The number of aromatic carboxylic acids is 1. The molecular formula is C10H10N4O3. The number of hydrogen-bond donors (Lipinski definition) is 1. The molecule has 0 aromatic carbocycles. The predicted octanol–water partition coefficient (Wildman–Crippen LogP) is 1.01. The van der Waals surface area contributed by atoms with Crippen molar-refractivity contribution in [2.75, 3.05) is 0 Å². The normalized spacial score (nSPS) is 10.2. The van der Waals surface area contributed by atoms with Crippen molar-refractivity contribution >= 4 is 5.97 Å². The van der Waals surface area contributed by atoms with Gasteiger partial charge in [-0.05, 0) is 13.0 Å². The van der Waals surface area contributed by atoms with Gasteiger partial charge in [0.15, 0.2) is 0 Å². The van der Waals surface area contributed by atoms with Crippen LogP contribution in [0.1, 0.15) is 16.1 Å². The van der Waals surface area contributed by atoms with Crippen molar-refractivity contribution in [3.05, 3.63) is 29.6 Å². The van der Waals surface area contributed by atoms with E-state index >= 15 is 0 Å². The van der Waals surface area contributed by atoms with E-state index in [-0.39, 0.29) is 11.4 Å². The van der Waals surface area contributed by atoms with Gasteiger partial charge in [0, 0.05) is 13.1 Å². The maximum Gasteiger partial charge on any atom is 0.341 e. The van der Waals surface area contributed by atoms with E-state index in [1.54, 1.807) is 13.1 Å². The molecule has 88 valence electrons. The summed E-state index contributed by atoms with van der Waals surface area (Å²) >= 11 is 0. The third-order valence-corrected chi connectivity index (χ3v) is 2.08. The second kappa shape index (κ2) is 4.20. The molecule has 0 saturated heterocycles. The van der Waals surface area contributed by atoms with E-state index < -0.39 is 5.97 Å². The molecule has 2 aromatic rings. The molecule has 7 heteroatoms. The fraction of sp³-hybridized carbons (Fsp3) is 0.200. The van der Waals surface area contributed by atoms with Crippen LogP contribution in [-0.4, -0.2) is 31.1 Å². The fourth-order valence-electron chi connectivity index (χ4n) is 1.34. The highest BCUT2D eigenvalue weighted by Gasteiger charge is 2.15. The van der Waals surface area contributed by atoms with Crippen molar-refractivity contribution in [1.29, 1.82) is 0 Å². The second-order valence-corrected chi connectivity index (χ2v) is 3.40. The van der Waals surface area contributed by atoms with E-state index in [1.807, 2.05) is 6.92 Å². The van der Waals surface area contributed by atoms with Gasteiger partial charge in [-0.1, -0.05) is 0 Å². The zero-order valence-electron chi connectivity index (χ0n) is 9.28. The van der Waals surface area contributed by atoms with E-state index in [4.69, 9.17) is 9.84 Å². The zero-order valence-corrected chi connectivity index (χ0v) is 9.28. The first kappa shape index (κ1) is 11.1. The molecule has 7 nitrogen and oxygen atoms in total. The Kier molecular flexibility index (Phi) is 2.73. The van der Waals surface area contributed by atoms with Gasteiger partial charge in [-0.25, -0.2) is 9.48 Å². The molecule has 0 aliphatic rings. The van der Waals surface area contributed by atoms with Gasteiger partial charge in [0.05, 0.1) is 11.9 Å². The standard InChI is InChI=1S/C10H10N4O3/c1-6-5-8(14(2)13-6)17-9-7(10(15)16)3-4-11-12-9/h3-5H,1-2H3,(H,15,16). The smallest absolute Gasteiger partial charge is 0.341 e. The third kappa shape index (κ3) is 2.22. The number of nitrogens with zero attached hydrogens (tertiary/aromatic N) is 4. The highest BCUT2D eigenvalue weighted by atomic mass is 16.5. The molecule has 2 aromatic heterocycles. The number of carbonyl (C=O) groups is 1. The monoisotopic (exact) mass is 234 g/mol. The van der Waals surface area contributed by atoms with Crippen LogP contribution in [0.2, 0.25) is 0 Å². The minimum atomic E-state index is -1.12. The molecule has 1 N–H and O–H groups in total. The highest BCUT2D eigenvalue weighted by molar-refractivity contribution is 5.89. The van der Waals surface area contributed by atoms with E-state index in [1.165, 1.54) is 16.9 Å². The zero-order chi connectivity index (χ0) is 12.4. The van der Waals surface area contributed by atoms with Crippen LogP contribution in [0.5, 0.6) is 11.8 Å². The van der Waals surface area contributed by atoms with Crippen molar-refractivity contribution in [2.45, 2.75) is 6.92 Å². The number of aromatic nitrogens is 4. The van der Waals surface area contributed by atoms with Crippen LogP contribution in [0, 0.1) is 6.92 Å². The number of hydrogen-bond acceptors (Lipinski definition) is 5. The van der Waals surface area contributed by atoms with Gasteiger partial charge in [-0.15, -0.1) is 5.10 Å². The summed E-state index contributed by atoms with van der Waals surface area (Å²) in [6.07, 6.45) is 1.30. The van der Waals surface area contributed by atoms with Gasteiger partial charge in [0.1, 0.15) is 5.56 Å².